The summed E-state index contributed by atoms with van der Waals surface area (Å²) in [6.45, 7) is 2.01. The van der Waals surface area contributed by atoms with Gasteiger partial charge in [-0.05, 0) is 12.1 Å². The number of quaternary nitrogens is 1. The van der Waals surface area contributed by atoms with E-state index in [9.17, 15) is 9.59 Å². The summed E-state index contributed by atoms with van der Waals surface area (Å²) >= 11 is 1.56. The van der Waals surface area contributed by atoms with Crippen molar-refractivity contribution in [3.63, 3.8) is 0 Å². The monoisotopic (exact) mass is 308 g/mol. The number of likely N-dealkylation sites (N-methyl/N-ethyl adjacent to an activating group) is 1. The molecule has 21 heavy (non-hydrogen) atoms. The lowest BCUT2D eigenvalue weighted by Crippen LogP contribution is -3.06. The number of hydrogen-bond acceptors (Lipinski definition) is 3. The molecule has 0 radical (unpaired) electrons. The minimum atomic E-state index is -0.000224. The predicted molar refractivity (Wildman–Crippen MR) is 84.8 cm³/mol. The number of carbonyl (C=O) groups excluding carboxylic acids is 2. The SMILES string of the molecule is C[NH+](C)CCNC(=O)CCN1C(=O)CSc2ccccc21. The highest BCUT2D eigenvalue weighted by Crippen LogP contribution is 2.34. The number of benzene rings is 1. The van der Waals surface area contributed by atoms with Crippen LogP contribution in [0.15, 0.2) is 29.2 Å². The van der Waals surface area contributed by atoms with Crippen LogP contribution in [-0.2, 0) is 9.59 Å². The maximum atomic E-state index is 12.0. The Balaban J connectivity index is 1.88. The fourth-order valence-electron chi connectivity index (χ4n) is 2.15. The first-order valence-corrected chi connectivity index (χ1v) is 8.14. The third kappa shape index (κ3) is 4.47. The van der Waals surface area contributed by atoms with Crippen molar-refractivity contribution in [1.82, 2.24) is 5.32 Å². The van der Waals surface area contributed by atoms with Crippen molar-refractivity contribution >= 4 is 29.3 Å². The topological polar surface area (TPSA) is 53.9 Å². The molecule has 0 aromatic heterocycles. The van der Waals surface area contributed by atoms with Crippen LogP contribution >= 0.6 is 11.8 Å². The molecule has 114 valence electrons. The van der Waals surface area contributed by atoms with Crippen LogP contribution in [0, 0.1) is 0 Å². The van der Waals surface area contributed by atoms with Crippen LogP contribution in [0.25, 0.3) is 0 Å². The molecule has 0 aliphatic carbocycles. The molecule has 2 N–H and O–H groups in total. The average molecular weight is 308 g/mol. The molecule has 0 atom stereocenters. The number of anilines is 1. The number of hydrogen-bond donors (Lipinski definition) is 2. The van der Waals surface area contributed by atoms with Crippen molar-refractivity contribution in [3.05, 3.63) is 24.3 Å². The standard InChI is InChI=1S/C15H21N3O2S/c1-17(2)10-8-16-14(19)7-9-18-12-5-3-4-6-13(12)21-11-15(18)20/h3-6H,7-11H2,1-2H3,(H,16,19)/p+1. The van der Waals surface area contributed by atoms with E-state index in [0.29, 0.717) is 25.3 Å². The van der Waals surface area contributed by atoms with Gasteiger partial charge in [0.1, 0.15) is 0 Å². The number of carbonyl (C=O) groups is 2. The lowest BCUT2D eigenvalue weighted by molar-refractivity contribution is -0.856. The van der Waals surface area contributed by atoms with Crippen LogP contribution in [0.5, 0.6) is 0 Å². The molecule has 1 heterocycles. The summed E-state index contributed by atoms with van der Waals surface area (Å²) in [6, 6.07) is 7.84. The largest absolute Gasteiger partial charge is 0.350 e. The maximum absolute atomic E-state index is 12.0. The van der Waals surface area contributed by atoms with Crippen LogP contribution in [0.3, 0.4) is 0 Å². The van der Waals surface area contributed by atoms with Crippen LogP contribution in [0.1, 0.15) is 6.42 Å². The fraction of sp³-hybridized carbons (Fsp3) is 0.467. The first kappa shape index (κ1) is 15.9. The molecule has 2 amide bonds. The second kappa shape index (κ2) is 7.47. The number of para-hydroxylation sites is 1. The molecule has 0 unspecified atom stereocenters. The maximum Gasteiger partial charge on any atom is 0.237 e. The Labute approximate surface area is 129 Å². The number of amides is 2. The van der Waals surface area contributed by atoms with Gasteiger partial charge >= 0.3 is 0 Å². The minimum Gasteiger partial charge on any atom is -0.350 e. The van der Waals surface area contributed by atoms with Crippen LogP contribution < -0.4 is 15.1 Å². The molecule has 0 spiro atoms. The van der Waals surface area contributed by atoms with Crippen LogP contribution in [0.4, 0.5) is 5.69 Å². The number of nitrogens with one attached hydrogen (secondary N) is 2. The van der Waals surface area contributed by atoms with Crippen molar-refractivity contribution in [2.75, 3.05) is 44.4 Å². The molecule has 0 bridgehead atoms. The van der Waals surface area contributed by atoms with Gasteiger partial charge in [-0.15, -0.1) is 11.8 Å². The lowest BCUT2D eigenvalue weighted by atomic mass is 10.2. The molecule has 0 fully saturated rings. The molecule has 2 rings (SSSR count). The molecular weight excluding hydrogens is 286 g/mol. The van der Waals surface area contributed by atoms with Crippen molar-refractivity contribution in [2.45, 2.75) is 11.3 Å². The summed E-state index contributed by atoms with van der Waals surface area (Å²) in [7, 11) is 4.10. The average Bonchev–Trinajstić information content (AvgIpc) is 2.46. The summed E-state index contributed by atoms with van der Waals surface area (Å²) in [5.74, 6) is 0.520. The molecule has 1 aromatic rings. The lowest BCUT2D eigenvalue weighted by Gasteiger charge is -2.28. The van der Waals surface area contributed by atoms with Gasteiger partial charge in [0.25, 0.3) is 0 Å². The molecule has 1 aliphatic rings. The third-order valence-corrected chi connectivity index (χ3v) is 4.37. The molecule has 0 saturated carbocycles. The smallest absolute Gasteiger partial charge is 0.237 e. The molecule has 1 aromatic carbocycles. The van der Waals surface area contributed by atoms with Gasteiger partial charge in [-0.2, -0.15) is 0 Å². The first-order valence-electron chi connectivity index (χ1n) is 7.16. The van der Waals surface area contributed by atoms with E-state index in [0.717, 1.165) is 17.1 Å². The van der Waals surface area contributed by atoms with Gasteiger partial charge in [0.05, 0.1) is 38.6 Å². The highest BCUT2D eigenvalue weighted by atomic mass is 32.2. The van der Waals surface area contributed by atoms with Gasteiger partial charge in [0.2, 0.25) is 11.8 Å². The number of thioether (sulfide) groups is 1. The van der Waals surface area contributed by atoms with Gasteiger partial charge in [-0.25, -0.2) is 0 Å². The molecule has 6 heteroatoms. The summed E-state index contributed by atoms with van der Waals surface area (Å²) in [5.41, 5.74) is 0.921. The Morgan fingerprint density at radius 3 is 2.90 bits per heavy atom. The highest BCUT2D eigenvalue weighted by Gasteiger charge is 2.24. The Morgan fingerprint density at radius 1 is 1.38 bits per heavy atom. The van der Waals surface area contributed by atoms with Crippen molar-refractivity contribution in [3.8, 4) is 0 Å². The molecule has 1 aliphatic heterocycles. The third-order valence-electron chi connectivity index (χ3n) is 3.32. The quantitative estimate of drug-likeness (QED) is 0.764. The van der Waals surface area contributed by atoms with E-state index < -0.39 is 0 Å². The van der Waals surface area contributed by atoms with Gasteiger partial charge in [0, 0.05) is 17.9 Å². The van der Waals surface area contributed by atoms with E-state index >= 15 is 0 Å². The predicted octanol–water partition coefficient (Wildman–Crippen LogP) is -0.224. The highest BCUT2D eigenvalue weighted by molar-refractivity contribution is 8.00. The number of nitrogens with zero attached hydrogens (tertiary/aromatic N) is 1. The Morgan fingerprint density at radius 2 is 2.14 bits per heavy atom. The van der Waals surface area contributed by atoms with Gasteiger partial charge in [-0.3, -0.25) is 9.59 Å². The normalized spacial score (nSPS) is 14.2. The second-order valence-corrected chi connectivity index (χ2v) is 6.38. The van der Waals surface area contributed by atoms with Gasteiger partial charge in [0.15, 0.2) is 0 Å². The van der Waals surface area contributed by atoms with Gasteiger partial charge < -0.3 is 15.1 Å². The second-order valence-electron chi connectivity index (χ2n) is 5.36. The summed E-state index contributed by atoms with van der Waals surface area (Å²) < 4.78 is 0. The summed E-state index contributed by atoms with van der Waals surface area (Å²) in [4.78, 5) is 28.0. The van der Waals surface area contributed by atoms with E-state index in [1.165, 1.54) is 4.90 Å². The molecule has 5 nitrogen and oxygen atoms in total. The first-order chi connectivity index (χ1) is 10.1. The van der Waals surface area contributed by atoms with E-state index in [1.54, 1.807) is 16.7 Å². The van der Waals surface area contributed by atoms with E-state index in [4.69, 9.17) is 0 Å². The zero-order chi connectivity index (χ0) is 15.2. The summed E-state index contributed by atoms with van der Waals surface area (Å²) in [6.07, 6.45) is 0.341. The zero-order valence-corrected chi connectivity index (χ0v) is 13.3. The molecule has 0 saturated heterocycles. The van der Waals surface area contributed by atoms with Crippen molar-refractivity contribution in [2.24, 2.45) is 0 Å². The Kier molecular flexibility index (Phi) is 5.64. The van der Waals surface area contributed by atoms with Crippen molar-refractivity contribution < 1.29 is 14.5 Å². The van der Waals surface area contributed by atoms with E-state index in [1.807, 2.05) is 38.4 Å². The van der Waals surface area contributed by atoms with Gasteiger partial charge in [-0.1, -0.05) is 12.1 Å². The molecular formula is C15H22N3O2S+. The zero-order valence-electron chi connectivity index (χ0n) is 12.5. The van der Waals surface area contributed by atoms with Crippen LogP contribution in [0.2, 0.25) is 0 Å². The van der Waals surface area contributed by atoms with E-state index in [2.05, 4.69) is 5.32 Å². The van der Waals surface area contributed by atoms with Crippen molar-refractivity contribution in [1.29, 1.82) is 0 Å². The number of rotatable bonds is 6. The number of fused-ring (bicyclic) bond motifs is 1. The Hall–Kier alpha value is -1.53. The minimum absolute atomic E-state index is 0.000224. The summed E-state index contributed by atoms with van der Waals surface area (Å²) in [5, 5.41) is 2.89. The van der Waals surface area contributed by atoms with Crippen LogP contribution in [-0.4, -0.2) is 51.3 Å². The fourth-order valence-corrected chi connectivity index (χ4v) is 3.09. The van der Waals surface area contributed by atoms with E-state index in [-0.39, 0.29) is 11.8 Å². The Bertz CT molecular complexity index is 519.